The van der Waals surface area contributed by atoms with E-state index in [4.69, 9.17) is 5.73 Å². The molecule has 3 rings (SSSR count). The molecule has 2 heterocycles. The van der Waals surface area contributed by atoms with Crippen LogP contribution in [0.5, 0.6) is 0 Å². The molecule has 0 atom stereocenters. The first-order valence-corrected chi connectivity index (χ1v) is 6.70. The molecule has 3 aromatic rings. The lowest BCUT2D eigenvalue weighted by atomic mass is 9.86. The highest BCUT2D eigenvalue weighted by Gasteiger charge is 2.14. The van der Waals surface area contributed by atoms with Gasteiger partial charge >= 0.3 is 0 Å². The van der Waals surface area contributed by atoms with Gasteiger partial charge in [-0.15, -0.1) is 0 Å². The van der Waals surface area contributed by atoms with Crippen LogP contribution in [0.15, 0.2) is 24.3 Å². The Morgan fingerprint density at radius 1 is 1.00 bits per heavy atom. The van der Waals surface area contributed by atoms with Crippen molar-refractivity contribution in [3.05, 3.63) is 35.7 Å². The number of pyridine rings is 1. The Morgan fingerprint density at radius 2 is 1.75 bits per heavy atom. The van der Waals surface area contributed by atoms with E-state index in [1.165, 1.54) is 5.56 Å². The molecule has 102 valence electrons. The molecule has 0 fully saturated rings. The maximum atomic E-state index is 5.98. The van der Waals surface area contributed by atoms with E-state index in [2.05, 4.69) is 47.9 Å². The summed E-state index contributed by atoms with van der Waals surface area (Å²) in [5, 5.41) is 1.89. The molecule has 0 bridgehead atoms. The van der Waals surface area contributed by atoms with Crippen LogP contribution in [0.25, 0.3) is 21.9 Å². The molecule has 2 N–H and O–H groups in total. The average Bonchev–Trinajstić information content (AvgIpc) is 2.35. The average molecular weight is 266 g/mol. The van der Waals surface area contributed by atoms with E-state index in [1.807, 2.05) is 19.1 Å². The van der Waals surface area contributed by atoms with Crippen molar-refractivity contribution in [2.24, 2.45) is 0 Å². The van der Waals surface area contributed by atoms with E-state index >= 15 is 0 Å². The number of aryl methyl sites for hydroxylation is 1. The molecule has 2 aromatic heterocycles. The lowest BCUT2D eigenvalue weighted by molar-refractivity contribution is 0.591. The maximum Gasteiger partial charge on any atom is 0.165 e. The zero-order valence-corrected chi connectivity index (χ0v) is 12.2. The number of anilines is 1. The van der Waals surface area contributed by atoms with Gasteiger partial charge in [-0.3, -0.25) is 0 Å². The summed E-state index contributed by atoms with van der Waals surface area (Å²) in [6, 6.07) is 8.37. The Bertz CT molecular complexity index is 816. The molecule has 20 heavy (non-hydrogen) atoms. The second kappa shape index (κ2) is 4.13. The minimum absolute atomic E-state index is 0.110. The van der Waals surface area contributed by atoms with Gasteiger partial charge in [0.15, 0.2) is 5.65 Å². The first kappa shape index (κ1) is 12.8. The highest BCUT2D eigenvalue weighted by atomic mass is 15.0. The summed E-state index contributed by atoms with van der Waals surface area (Å²) >= 11 is 0. The maximum absolute atomic E-state index is 5.98. The number of fused-ring (bicyclic) bond motifs is 2. The first-order valence-electron chi connectivity index (χ1n) is 6.70. The monoisotopic (exact) mass is 266 g/mol. The number of rotatable bonds is 0. The number of nitrogens with two attached hydrogens (primary N) is 1. The number of aromatic nitrogens is 3. The fourth-order valence-electron chi connectivity index (χ4n) is 2.32. The molecule has 0 amide bonds. The number of nitrogens with zero attached hydrogens (tertiary/aromatic N) is 3. The fraction of sp³-hybridized carbons (Fsp3) is 0.312. The van der Waals surface area contributed by atoms with Gasteiger partial charge < -0.3 is 5.73 Å². The van der Waals surface area contributed by atoms with Crippen LogP contribution >= 0.6 is 0 Å². The van der Waals surface area contributed by atoms with Crippen LogP contribution in [0, 0.1) is 6.92 Å². The summed E-state index contributed by atoms with van der Waals surface area (Å²) < 4.78 is 0. The van der Waals surface area contributed by atoms with Crippen LogP contribution in [0.3, 0.4) is 0 Å². The summed E-state index contributed by atoms with van der Waals surface area (Å²) in [5.74, 6) is 1.14. The zero-order chi connectivity index (χ0) is 14.5. The Hall–Kier alpha value is -2.23. The predicted octanol–water partition coefficient (Wildman–Crippen LogP) is 3.37. The molecule has 4 heteroatoms. The minimum Gasteiger partial charge on any atom is -0.383 e. The molecule has 0 saturated carbocycles. The summed E-state index contributed by atoms with van der Waals surface area (Å²) in [4.78, 5) is 13.2. The van der Waals surface area contributed by atoms with Crippen molar-refractivity contribution in [1.82, 2.24) is 15.0 Å². The van der Waals surface area contributed by atoms with Gasteiger partial charge in [-0.1, -0.05) is 26.8 Å². The standard InChI is InChI=1S/C16H18N4/c1-9-18-14(17)12-8-10-7-11(16(2,3)4)5-6-13(10)20-15(12)19-9/h5-8H,1-4H3,(H2,17,18,19,20). The molecule has 0 saturated heterocycles. The Labute approximate surface area is 118 Å². The third kappa shape index (κ3) is 2.07. The van der Waals surface area contributed by atoms with Gasteiger partial charge in [0.25, 0.3) is 0 Å². The van der Waals surface area contributed by atoms with Crippen LogP contribution in [0.2, 0.25) is 0 Å². The lowest BCUT2D eigenvalue weighted by Crippen LogP contribution is -2.10. The molecule has 0 unspecified atom stereocenters. The third-order valence-corrected chi connectivity index (χ3v) is 3.49. The van der Waals surface area contributed by atoms with Crippen LogP contribution in [0.4, 0.5) is 5.82 Å². The highest BCUT2D eigenvalue weighted by Crippen LogP contribution is 2.28. The normalized spacial score (nSPS) is 12.2. The van der Waals surface area contributed by atoms with Gasteiger partial charge in [0, 0.05) is 5.39 Å². The van der Waals surface area contributed by atoms with Crippen molar-refractivity contribution in [3.8, 4) is 0 Å². The van der Waals surface area contributed by atoms with Gasteiger partial charge in [0.2, 0.25) is 0 Å². The molecular weight excluding hydrogens is 248 g/mol. The van der Waals surface area contributed by atoms with Gasteiger partial charge in [-0.2, -0.15) is 0 Å². The fourth-order valence-corrected chi connectivity index (χ4v) is 2.32. The topological polar surface area (TPSA) is 64.7 Å². The summed E-state index contributed by atoms with van der Waals surface area (Å²) in [6.45, 7) is 8.42. The van der Waals surface area contributed by atoms with Crippen LogP contribution in [-0.4, -0.2) is 15.0 Å². The third-order valence-electron chi connectivity index (χ3n) is 3.49. The Kier molecular flexibility index (Phi) is 2.64. The van der Waals surface area contributed by atoms with E-state index in [0.29, 0.717) is 17.3 Å². The SMILES string of the molecule is Cc1nc(N)c2cc3cc(C(C)(C)C)ccc3nc2n1. The molecule has 1 aromatic carbocycles. The number of hydrogen-bond acceptors (Lipinski definition) is 4. The molecule has 0 aliphatic heterocycles. The number of nitrogen functional groups attached to an aromatic ring is 1. The summed E-state index contributed by atoms with van der Waals surface area (Å²) in [6.07, 6.45) is 0. The van der Waals surface area contributed by atoms with E-state index in [1.54, 1.807) is 0 Å². The Balaban J connectivity index is 2.34. The molecule has 0 aliphatic carbocycles. The van der Waals surface area contributed by atoms with Gasteiger partial charge in [-0.25, -0.2) is 15.0 Å². The van der Waals surface area contributed by atoms with Crippen molar-refractivity contribution in [3.63, 3.8) is 0 Å². The predicted molar refractivity (Wildman–Crippen MR) is 82.7 cm³/mol. The van der Waals surface area contributed by atoms with Crippen molar-refractivity contribution < 1.29 is 0 Å². The second-order valence-electron chi connectivity index (χ2n) is 6.17. The quantitative estimate of drug-likeness (QED) is 0.634. The molecule has 0 radical (unpaired) electrons. The smallest absolute Gasteiger partial charge is 0.165 e. The first-order chi connectivity index (χ1) is 9.34. The van der Waals surface area contributed by atoms with E-state index in [9.17, 15) is 0 Å². The Morgan fingerprint density at radius 3 is 2.45 bits per heavy atom. The highest BCUT2D eigenvalue weighted by molar-refractivity contribution is 5.96. The summed E-state index contributed by atoms with van der Waals surface area (Å²) in [5.41, 5.74) is 8.96. The molecule has 4 nitrogen and oxygen atoms in total. The van der Waals surface area contributed by atoms with Gasteiger partial charge in [0.05, 0.1) is 10.9 Å². The van der Waals surface area contributed by atoms with Crippen LogP contribution < -0.4 is 5.73 Å². The lowest BCUT2D eigenvalue weighted by Gasteiger charge is -2.19. The minimum atomic E-state index is 0.110. The van der Waals surface area contributed by atoms with Crippen LogP contribution in [0.1, 0.15) is 32.2 Å². The van der Waals surface area contributed by atoms with Crippen molar-refractivity contribution in [2.45, 2.75) is 33.1 Å². The van der Waals surface area contributed by atoms with Crippen molar-refractivity contribution >= 4 is 27.8 Å². The molecular formula is C16H18N4. The van der Waals surface area contributed by atoms with E-state index in [-0.39, 0.29) is 5.41 Å². The van der Waals surface area contributed by atoms with Gasteiger partial charge in [-0.05, 0) is 36.1 Å². The van der Waals surface area contributed by atoms with E-state index < -0.39 is 0 Å². The number of benzene rings is 1. The van der Waals surface area contributed by atoms with Crippen LogP contribution in [-0.2, 0) is 5.41 Å². The zero-order valence-electron chi connectivity index (χ0n) is 12.2. The molecule has 0 aliphatic rings. The van der Waals surface area contributed by atoms with Gasteiger partial charge in [0.1, 0.15) is 11.6 Å². The number of hydrogen-bond donors (Lipinski definition) is 1. The van der Waals surface area contributed by atoms with Crippen molar-refractivity contribution in [2.75, 3.05) is 5.73 Å². The molecule has 0 spiro atoms. The largest absolute Gasteiger partial charge is 0.383 e. The second-order valence-corrected chi connectivity index (χ2v) is 6.17. The van der Waals surface area contributed by atoms with Crippen molar-refractivity contribution in [1.29, 1.82) is 0 Å². The van der Waals surface area contributed by atoms with E-state index in [0.717, 1.165) is 16.3 Å². The summed E-state index contributed by atoms with van der Waals surface area (Å²) in [7, 11) is 0.